The van der Waals surface area contributed by atoms with Crippen molar-refractivity contribution in [1.82, 2.24) is 4.57 Å². The predicted octanol–water partition coefficient (Wildman–Crippen LogP) is 4.41. The van der Waals surface area contributed by atoms with Crippen LogP contribution < -0.4 is 0 Å². The molecule has 0 radical (unpaired) electrons. The Morgan fingerprint density at radius 2 is 1.82 bits per heavy atom. The quantitative estimate of drug-likeness (QED) is 0.576. The van der Waals surface area contributed by atoms with Crippen LogP contribution in [0.2, 0.25) is 0 Å². The van der Waals surface area contributed by atoms with E-state index < -0.39 is 11.7 Å². The first-order valence-corrected chi connectivity index (χ1v) is 7.51. The average Bonchev–Trinajstić information content (AvgIpc) is 2.87. The van der Waals surface area contributed by atoms with Gasteiger partial charge in [0.25, 0.3) is 0 Å². The molecule has 0 N–H and O–H groups in total. The number of aromatic nitrogens is 1. The summed E-state index contributed by atoms with van der Waals surface area (Å²) in [6.45, 7) is 5.47. The number of hydrogen-bond donors (Lipinski definition) is 0. The predicted molar refractivity (Wildman–Crippen MR) is 88.0 cm³/mol. The van der Waals surface area contributed by atoms with Crippen molar-refractivity contribution < 1.29 is 9.53 Å². The number of nitrogens with zero attached hydrogens (tertiary/aromatic N) is 1. The summed E-state index contributed by atoms with van der Waals surface area (Å²) in [4.78, 5) is 12.3. The summed E-state index contributed by atoms with van der Waals surface area (Å²) in [5.41, 5.74) is 1.53. The molecule has 0 unspecified atom stereocenters. The van der Waals surface area contributed by atoms with Gasteiger partial charge in [-0.15, -0.1) is 11.6 Å². The number of carbonyl (C=O) groups is 1. The van der Waals surface area contributed by atoms with Gasteiger partial charge in [-0.1, -0.05) is 24.1 Å². The molecule has 0 aliphatic heterocycles. The first-order chi connectivity index (χ1) is 10.4. The fourth-order valence-corrected chi connectivity index (χ4v) is 2.07. The Hall–Kier alpha value is -2.18. The molecule has 3 nitrogen and oxygen atoms in total. The summed E-state index contributed by atoms with van der Waals surface area (Å²) in [5, 5.41) is 0. The van der Waals surface area contributed by atoms with Crippen molar-refractivity contribution in [3.63, 3.8) is 0 Å². The molecular weight excluding hydrogens is 298 g/mol. The third kappa shape index (κ3) is 4.16. The second-order valence-electron chi connectivity index (χ2n) is 5.78. The van der Waals surface area contributed by atoms with E-state index in [1.807, 2.05) is 51.1 Å². The normalized spacial score (nSPS) is 10.7. The highest BCUT2D eigenvalue weighted by molar-refractivity contribution is 6.17. The van der Waals surface area contributed by atoms with Crippen LogP contribution in [0.25, 0.3) is 0 Å². The largest absolute Gasteiger partial charge is 0.443 e. The van der Waals surface area contributed by atoms with Crippen LogP contribution in [-0.4, -0.2) is 16.3 Å². The van der Waals surface area contributed by atoms with Gasteiger partial charge in [0.2, 0.25) is 0 Å². The average molecular weight is 316 g/mol. The van der Waals surface area contributed by atoms with Crippen molar-refractivity contribution in [2.24, 2.45) is 0 Å². The van der Waals surface area contributed by atoms with Crippen LogP contribution in [-0.2, 0) is 10.6 Å². The van der Waals surface area contributed by atoms with Gasteiger partial charge in [0.15, 0.2) is 0 Å². The molecule has 0 spiro atoms. The van der Waals surface area contributed by atoms with Crippen LogP contribution in [0.1, 0.15) is 37.7 Å². The highest BCUT2D eigenvalue weighted by atomic mass is 35.5. The van der Waals surface area contributed by atoms with Crippen LogP contribution in [0.4, 0.5) is 4.79 Å². The van der Waals surface area contributed by atoms with Crippen LogP contribution in [0.3, 0.4) is 0 Å². The van der Waals surface area contributed by atoms with Crippen molar-refractivity contribution in [1.29, 1.82) is 0 Å². The van der Waals surface area contributed by atoms with Gasteiger partial charge in [-0.3, -0.25) is 0 Å². The second-order valence-corrected chi connectivity index (χ2v) is 6.04. The van der Waals surface area contributed by atoms with Gasteiger partial charge in [-0.05, 0) is 51.0 Å². The molecule has 0 saturated heterocycles. The van der Waals surface area contributed by atoms with E-state index in [1.54, 1.807) is 12.1 Å². The molecule has 114 valence electrons. The number of benzene rings is 1. The Balaban J connectivity index is 2.36. The first-order valence-electron chi connectivity index (χ1n) is 6.98. The molecule has 2 aromatic rings. The maximum Gasteiger partial charge on any atom is 0.419 e. The Morgan fingerprint density at radius 1 is 1.14 bits per heavy atom. The van der Waals surface area contributed by atoms with Gasteiger partial charge in [-0.2, -0.15) is 0 Å². The lowest BCUT2D eigenvalue weighted by atomic mass is 10.2. The van der Waals surface area contributed by atoms with E-state index in [0.717, 1.165) is 5.56 Å². The highest BCUT2D eigenvalue weighted by Gasteiger charge is 2.21. The third-order valence-corrected chi connectivity index (χ3v) is 3.06. The Labute approximate surface area is 135 Å². The van der Waals surface area contributed by atoms with Crippen molar-refractivity contribution in [3.8, 4) is 11.8 Å². The number of ether oxygens (including phenoxy) is 1. The standard InChI is InChI=1S/C18H18ClNO2/c1-18(2,3)22-17(21)20-15(11-12-16(20)13-19)10-9-14-7-5-4-6-8-14/h4-8,11-12H,13H2,1-3H3. The monoisotopic (exact) mass is 315 g/mol. The number of carbonyl (C=O) groups excluding carboxylic acids is 1. The summed E-state index contributed by atoms with van der Waals surface area (Å²) in [7, 11) is 0. The summed E-state index contributed by atoms with van der Waals surface area (Å²) < 4.78 is 6.84. The third-order valence-electron chi connectivity index (χ3n) is 2.78. The summed E-state index contributed by atoms with van der Waals surface area (Å²) in [6.07, 6.45) is -0.467. The summed E-state index contributed by atoms with van der Waals surface area (Å²) in [6, 6.07) is 13.2. The van der Waals surface area contributed by atoms with Crippen molar-refractivity contribution in [3.05, 3.63) is 59.4 Å². The lowest BCUT2D eigenvalue weighted by Crippen LogP contribution is -2.28. The molecule has 0 atom stereocenters. The topological polar surface area (TPSA) is 31.2 Å². The van der Waals surface area contributed by atoms with E-state index in [1.165, 1.54) is 4.57 Å². The zero-order chi connectivity index (χ0) is 16.2. The van der Waals surface area contributed by atoms with Gasteiger partial charge in [-0.25, -0.2) is 9.36 Å². The lowest BCUT2D eigenvalue weighted by Gasteiger charge is -2.20. The van der Waals surface area contributed by atoms with Crippen molar-refractivity contribution in [2.45, 2.75) is 32.3 Å². The highest BCUT2D eigenvalue weighted by Crippen LogP contribution is 2.16. The van der Waals surface area contributed by atoms with Gasteiger partial charge in [0.05, 0.1) is 5.88 Å². The minimum Gasteiger partial charge on any atom is -0.443 e. The van der Waals surface area contributed by atoms with Gasteiger partial charge < -0.3 is 4.74 Å². The van der Waals surface area contributed by atoms with E-state index in [0.29, 0.717) is 11.4 Å². The Bertz CT molecular complexity index is 715. The maximum absolute atomic E-state index is 12.3. The molecule has 2 rings (SSSR count). The van der Waals surface area contributed by atoms with Crippen LogP contribution in [0.15, 0.2) is 42.5 Å². The molecule has 22 heavy (non-hydrogen) atoms. The number of halogens is 1. The molecule has 0 fully saturated rings. The van der Waals surface area contributed by atoms with Crippen molar-refractivity contribution >= 4 is 17.7 Å². The van der Waals surface area contributed by atoms with E-state index in [2.05, 4.69) is 11.8 Å². The van der Waals surface area contributed by atoms with Crippen LogP contribution in [0, 0.1) is 11.8 Å². The maximum atomic E-state index is 12.3. The molecule has 0 amide bonds. The Kier molecular flexibility index (Phi) is 4.95. The molecule has 1 aromatic carbocycles. The SMILES string of the molecule is CC(C)(C)OC(=O)n1c(C#Cc2ccccc2)ccc1CCl. The summed E-state index contributed by atoms with van der Waals surface area (Å²) >= 11 is 5.90. The van der Waals surface area contributed by atoms with E-state index >= 15 is 0 Å². The zero-order valence-electron chi connectivity index (χ0n) is 12.9. The molecule has 0 aliphatic carbocycles. The fourth-order valence-electron chi connectivity index (χ4n) is 1.86. The molecule has 0 saturated carbocycles. The molecule has 0 aliphatic rings. The molecule has 0 bridgehead atoms. The minimum atomic E-state index is -0.574. The number of rotatable bonds is 1. The molecule has 4 heteroatoms. The van der Waals surface area contributed by atoms with Crippen molar-refractivity contribution in [2.75, 3.05) is 0 Å². The van der Waals surface area contributed by atoms with Gasteiger partial charge in [0, 0.05) is 11.3 Å². The smallest absolute Gasteiger partial charge is 0.419 e. The number of alkyl halides is 1. The fraction of sp³-hybridized carbons (Fsp3) is 0.278. The van der Waals surface area contributed by atoms with Gasteiger partial charge in [0.1, 0.15) is 11.3 Å². The Morgan fingerprint density at radius 3 is 2.41 bits per heavy atom. The van der Waals surface area contributed by atoms with Crippen LogP contribution in [0.5, 0.6) is 0 Å². The van der Waals surface area contributed by atoms with E-state index in [9.17, 15) is 4.79 Å². The number of hydrogen-bond acceptors (Lipinski definition) is 2. The minimum absolute atomic E-state index is 0.215. The lowest BCUT2D eigenvalue weighted by molar-refractivity contribution is 0.0533. The van der Waals surface area contributed by atoms with Crippen LogP contribution >= 0.6 is 11.6 Å². The molecule has 1 heterocycles. The van der Waals surface area contributed by atoms with E-state index in [4.69, 9.17) is 16.3 Å². The molecule has 1 aromatic heterocycles. The second kappa shape index (κ2) is 6.72. The zero-order valence-corrected chi connectivity index (χ0v) is 13.6. The molecular formula is C18H18ClNO2. The summed E-state index contributed by atoms with van der Waals surface area (Å²) in [5.74, 6) is 6.25. The van der Waals surface area contributed by atoms with E-state index in [-0.39, 0.29) is 5.88 Å². The van der Waals surface area contributed by atoms with Gasteiger partial charge >= 0.3 is 6.09 Å². The first kappa shape index (κ1) is 16.2.